The molecule has 0 bridgehead atoms. The number of ether oxygens (including phenoxy) is 2. The minimum Gasteiger partial charge on any atom is -0.465 e. The van der Waals surface area contributed by atoms with Crippen LogP contribution in [0.2, 0.25) is 0 Å². The van der Waals surface area contributed by atoms with Crippen LogP contribution in [0.5, 0.6) is 0 Å². The van der Waals surface area contributed by atoms with Gasteiger partial charge in [-0.1, -0.05) is 18.7 Å². The molecule has 10 heteroatoms. The number of nitrogens with zero attached hydrogens (tertiary/aromatic N) is 2. The fourth-order valence-electron chi connectivity index (χ4n) is 3.86. The van der Waals surface area contributed by atoms with Gasteiger partial charge in [-0.15, -0.1) is 11.3 Å². The van der Waals surface area contributed by atoms with Crippen LogP contribution in [0.15, 0.2) is 29.6 Å². The second-order valence-corrected chi connectivity index (χ2v) is 9.84. The molecule has 0 fully saturated rings. The number of carbonyl (C=O) groups is 3. The van der Waals surface area contributed by atoms with Crippen LogP contribution in [0, 0.1) is 5.92 Å². The van der Waals surface area contributed by atoms with Crippen molar-refractivity contribution in [2.45, 2.75) is 31.2 Å². The predicted molar refractivity (Wildman–Crippen MR) is 127 cm³/mol. The number of thioether (sulfide) groups is 1. The number of thiophene rings is 1. The summed E-state index contributed by atoms with van der Waals surface area (Å²) in [6.07, 6.45) is 4.70. The van der Waals surface area contributed by atoms with E-state index in [-0.39, 0.29) is 28.5 Å². The number of esters is 2. The molecule has 0 saturated carbocycles. The highest BCUT2D eigenvalue weighted by atomic mass is 32.2. The van der Waals surface area contributed by atoms with Gasteiger partial charge in [0, 0.05) is 10.3 Å². The van der Waals surface area contributed by atoms with Crippen molar-refractivity contribution >= 4 is 56.8 Å². The first-order valence-electron chi connectivity index (χ1n) is 10.4. The Morgan fingerprint density at radius 3 is 2.73 bits per heavy atom. The normalized spacial score (nSPS) is 15.1. The molecule has 3 aromatic rings. The Morgan fingerprint density at radius 2 is 1.97 bits per heavy atom. The molecule has 1 unspecified atom stereocenters. The van der Waals surface area contributed by atoms with Crippen molar-refractivity contribution in [1.82, 2.24) is 9.97 Å². The molecule has 4 rings (SSSR count). The molecule has 1 aliphatic rings. The molecule has 1 N–H and O–H groups in total. The van der Waals surface area contributed by atoms with Gasteiger partial charge in [0.2, 0.25) is 5.91 Å². The van der Waals surface area contributed by atoms with Crippen molar-refractivity contribution in [2.75, 3.05) is 25.3 Å². The van der Waals surface area contributed by atoms with Crippen molar-refractivity contribution in [3.05, 3.63) is 46.1 Å². The van der Waals surface area contributed by atoms with Gasteiger partial charge in [-0.3, -0.25) is 4.79 Å². The first-order valence-corrected chi connectivity index (χ1v) is 12.2. The Bertz CT molecular complexity index is 1240. The first-order chi connectivity index (χ1) is 15.9. The van der Waals surface area contributed by atoms with Gasteiger partial charge in [0.25, 0.3) is 0 Å². The smallest absolute Gasteiger partial charge is 0.339 e. The molecule has 172 valence electrons. The number of hydrogen-bond acceptors (Lipinski definition) is 9. The van der Waals surface area contributed by atoms with Crippen LogP contribution in [0.1, 0.15) is 44.5 Å². The highest BCUT2D eigenvalue weighted by molar-refractivity contribution is 8.00. The second kappa shape index (κ2) is 9.88. The van der Waals surface area contributed by atoms with E-state index in [9.17, 15) is 14.4 Å². The molecule has 0 spiro atoms. The summed E-state index contributed by atoms with van der Waals surface area (Å²) >= 11 is 3.03. The average molecular weight is 486 g/mol. The maximum Gasteiger partial charge on any atom is 0.339 e. The lowest BCUT2D eigenvalue weighted by molar-refractivity contribution is -0.113. The Labute approximate surface area is 199 Å². The molecule has 1 atom stereocenters. The number of anilines is 1. The summed E-state index contributed by atoms with van der Waals surface area (Å²) in [4.78, 5) is 47.9. The molecule has 1 amide bonds. The van der Waals surface area contributed by atoms with E-state index < -0.39 is 11.9 Å². The molecule has 0 aliphatic heterocycles. The summed E-state index contributed by atoms with van der Waals surface area (Å²) in [6.45, 7) is 2.26. The zero-order valence-corrected chi connectivity index (χ0v) is 20.1. The second-order valence-electron chi connectivity index (χ2n) is 7.79. The minimum atomic E-state index is -0.619. The van der Waals surface area contributed by atoms with Gasteiger partial charge < -0.3 is 14.8 Å². The highest BCUT2D eigenvalue weighted by Gasteiger charge is 2.24. The number of rotatable bonds is 6. The van der Waals surface area contributed by atoms with Crippen LogP contribution in [0.25, 0.3) is 10.2 Å². The number of amides is 1. The summed E-state index contributed by atoms with van der Waals surface area (Å²) in [5.74, 6) is -0.792. The number of fused-ring (bicyclic) bond motifs is 3. The number of nitrogens with one attached hydrogen (secondary N) is 1. The first kappa shape index (κ1) is 23.2. The zero-order chi connectivity index (χ0) is 23.5. The van der Waals surface area contributed by atoms with Crippen LogP contribution < -0.4 is 5.32 Å². The SMILES string of the molecule is COC(=O)c1ccc(C(=O)OC)c(NC(=O)CSc2ncnc3sc4c(c23)CCC(C)C4)c1. The lowest BCUT2D eigenvalue weighted by Crippen LogP contribution is -2.18. The Hall–Kier alpha value is -2.98. The van der Waals surface area contributed by atoms with Gasteiger partial charge >= 0.3 is 11.9 Å². The van der Waals surface area contributed by atoms with E-state index in [2.05, 4.69) is 22.2 Å². The lowest BCUT2D eigenvalue weighted by Gasteiger charge is -2.18. The lowest BCUT2D eigenvalue weighted by atomic mass is 9.89. The molecule has 0 radical (unpaired) electrons. The predicted octanol–water partition coefficient (Wildman–Crippen LogP) is 4.12. The topological polar surface area (TPSA) is 107 Å². The number of carbonyl (C=O) groups excluding carboxylic acids is 3. The molecular weight excluding hydrogens is 462 g/mol. The van der Waals surface area contributed by atoms with Crippen molar-refractivity contribution in [2.24, 2.45) is 5.92 Å². The third kappa shape index (κ3) is 4.86. The van der Waals surface area contributed by atoms with Gasteiger partial charge in [0.15, 0.2) is 0 Å². The van der Waals surface area contributed by atoms with Crippen LogP contribution in [0.4, 0.5) is 5.69 Å². The maximum atomic E-state index is 12.8. The highest BCUT2D eigenvalue weighted by Crippen LogP contribution is 2.40. The number of aryl methyl sites for hydroxylation is 1. The summed E-state index contributed by atoms with van der Waals surface area (Å²) in [6, 6.07) is 4.27. The number of benzene rings is 1. The van der Waals surface area contributed by atoms with Crippen molar-refractivity contribution in [3.63, 3.8) is 0 Å². The van der Waals surface area contributed by atoms with E-state index in [4.69, 9.17) is 9.47 Å². The van der Waals surface area contributed by atoms with Crippen LogP contribution >= 0.6 is 23.1 Å². The van der Waals surface area contributed by atoms with Gasteiger partial charge in [0.1, 0.15) is 16.2 Å². The number of aromatic nitrogens is 2. The van der Waals surface area contributed by atoms with E-state index in [0.717, 1.165) is 34.5 Å². The van der Waals surface area contributed by atoms with E-state index in [1.54, 1.807) is 11.3 Å². The van der Waals surface area contributed by atoms with Gasteiger partial charge in [-0.05, 0) is 48.9 Å². The molecule has 0 saturated heterocycles. The average Bonchev–Trinajstić information content (AvgIpc) is 3.19. The van der Waals surface area contributed by atoms with Gasteiger partial charge in [-0.2, -0.15) is 0 Å². The largest absolute Gasteiger partial charge is 0.465 e. The van der Waals surface area contributed by atoms with Crippen LogP contribution in [-0.2, 0) is 27.1 Å². The molecule has 1 aromatic carbocycles. The van der Waals surface area contributed by atoms with E-state index >= 15 is 0 Å². The van der Waals surface area contributed by atoms with Crippen LogP contribution in [0.3, 0.4) is 0 Å². The number of hydrogen-bond donors (Lipinski definition) is 1. The van der Waals surface area contributed by atoms with E-state index in [1.165, 1.54) is 60.9 Å². The van der Waals surface area contributed by atoms with E-state index in [1.807, 2.05) is 0 Å². The van der Waals surface area contributed by atoms with Crippen molar-refractivity contribution in [1.29, 1.82) is 0 Å². The Kier molecular flexibility index (Phi) is 6.94. The minimum absolute atomic E-state index is 0.0796. The quantitative estimate of drug-likeness (QED) is 0.316. The molecule has 1 aliphatic carbocycles. The fourth-order valence-corrected chi connectivity index (χ4v) is 6.10. The fraction of sp³-hybridized carbons (Fsp3) is 0.348. The summed E-state index contributed by atoms with van der Waals surface area (Å²) in [7, 11) is 2.51. The molecule has 2 heterocycles. The van der Waals surface area contributed by atoms with Crippen molar-refractivity contribution < 1.29 is 23.9 Å². The third-order valence-electron chi connectivity index (χ3n) is 5.52. The molecule has 33 heavy (non-hydrogen) atoms. The summed E-state index contributed by atoms with van der Waals surface area (Å²) in [5, 5.41) is 4.54. The third-order valence-corrected chi connectivity index (χ3v) is 7.67. The van der Waals surface area contributed by atoms with Crippen molar-refractivity contribution in [3.8, 4) is 0 Å². The van der Waals surface area contributed by atoms with Gasteiger partial charge in [-0.25, -0.2) is 19.6 Å². The maximum absolute atomic E-state index is 12.8. The molecule has 8 nitrogen and oxygen atoms in total. The molecule has 2 aromatic heterocycles. The van der Waals surface area contributed by atoms with E-state index in [0.29, 0.717) is 5.92 Å². The Balaban J connectivity index is 1.54. The van der Waals surface area contributed by atoms with Gasteiger partial charge in [0.05, 0.1) is 36.8 Å². The standard InChI is InChI=1S/C23H23N3O5S2/c1-12-4-6-15-17(8-12)33-21-19(15)20(24-11-25-21)32-10-18(27)26-16-9-13(22(28)30-2)5-7-14(16)23(29)31-3/h5,7,9,11-12H,4,6,8,10H2,1-3H3,(H,26,27). The summed E-state index contributed by atoms with van der Waals surface area (Å²) < 4.78 is 9.52. The molecular formula is C23H23N3O5S2. The summed E-state index contributed by atoms with van der Waals surface area (Å²) in [5.41, 5.74) is 1.85. The van der Waals surface area contributed by atoms with Crippen LogP contribution in [-0.4, -0.2) is 47.8 Å². The number of methoxy groups -OCH3 is 2. The Morgan fingerprint density at radius 1 is 1.18 bits per heavy atom. The monoisotopic (exact) mass is 485 g/mol. The zero-order valence-electron chi connectivity index (χ0n) is 18.5.